The normalized spacial score (nSPS) is 11.1. The Hall–Kier alpha value is -0.730. The quantitative estimate of drug-likeness (QED) is 0.741. The summed E-state index contributed by atoms with van der Waals surface area (Å²) in [6.07, 6.45) is 2.68. The second-order valence-electron chi connectivity index (χ2n) is 3.24. The first-order valence-corrected chi connectivity index (χ1v) is 5.22. The fourth-order valence-electron chi connectivity index (χ4n) is 1.53. The van der Waals surface area contributed by atoms with E-state index in [0.29, 0.717) is 10.2 Å². The molecular weight excluding hydrogens is 219 g/mol. The number of nitrogens with one attached hydrogen (secondary N) is 1. The average Bonchev–Trinajstić information content (AvgIpc) is 2.49. The minimum absolute atomic E-state index is 0.507. The van der Waals surface area contributed by atoms with Crippen LogP contribution < -0.4 is 0 Å². The van der Waals surface area contributed by atoms with Crippen molar-refractivity contribution < 1.29 is 0 Å². The van der Waals surface area contributed by atoms with E-state index in [2.05, 4.69) is 9.97 Å². The zero-order valence-corrected chi connectivity index (χ0v) is 9.50. The van der Waals surface area contributed by atoms with Crippen LogP contribution >= 0.6 is 23.2 Å². The molecule has 0 aliphatic rings. The van der Waals surface area contributed by atoms with E-state index >= 15 is 0 Å². The minimum Gasteiger partial charge on any atom is -0.358 e. The van der Waals surface area contributed by atoms with Crippen LogP contribution in [-0.2, 0) is 6.42 Å². The SMILES string of the molecule is CCc1c(Cl)nc2c(C)c[nH]c2c1Cl. The van der Waals surface area contributed by atoms with Crippen molar-refractivity contribution in [3.63, 3.8) is 0 Å². The maximum absolute atomic E-state index is 6.20. The predicted octanol–water partition coefficient (Wildman–Crippen LogP) is 3.74. The third-order valence-corrected chi connectivity index (χ3v) is 3.07. The van der Waals surface area contributed by atoms with Gasteiger partial charge in [-0.2, -0.15) is 0 Å². The van der Waals surface area contributed by atoms with Gasteiger partial charge in [0.25, 0.3) is 0 Å². The molecule has 0 saturated heterocycles. The van der Waals surface area contributed by atoms with Crippen LogP contribution in [0.15, 0.2) is 6.20 Å². The number of hydrogen-bond acceptors (Lipinski definition) is 1. The number of pyridine rings is 1. The highest BCUT2D eigenvalue weighted by atomic mass is 35.5. The summed E-state index contributed by atoms with van der Waals surface area (Å²) in [6.45, 7) is 3.99. The molecule has 0 bridgehead atoms. The number of rotatable bonds is 1. The summed E-state index contributed by atoms with van der Waals surface area (Å²) >= 11 is 12.2. The van der Waals surface area contributed by atoms with E-state index in [4.69, 9.17) is 23.2 Å². The molecule has 0 aliphatic heterocycles. The molecule has 2 rings (SSSR count). The number of fused-ring (bicyclic) bond motifs is 1. The van der Waals surface area contributed by atoms with Crippen molar-refractivity contribution in [3.05, 3.63) is 27.5 Å². The van der Waals surface area contributed by atoms with Gasteiger partial charge in [0.15, 0.2) is 0 Å². The second-order valence-corrected chi connectivity index (χ2v) is 3.98. The smallest absolute Gasteiger partial charge is 0.134 e. The summed E-state index contributed by atoms with van der Waals surface area (Å²) in [5.74, 6) is 0. The molecule has 0 saturated carbocycles. The summed E-state index contributed by atoms with van der Waals surface area (Å²) in [4.78, 5) is 7.42. The van der Waals surface area contributed by atoms with Crippen molar-refractivity contribution in [1.29, 1.82) is 0 Å². The molecule has 2 aromatic rings. The van der Waals surface area contributed by atoms with Crippen LogP contribution in [0, 0.1) is 6.92 Å². The molecule has 0 spiro atoms. The molecule has 2 aromatic heterocycles. The van der Waals surface area contributed by atoms with Crippen LogP contribution in [0.4, 0.5) is 0 Å². The maximum Gasteiger partial charge on any atom is 0.134 e. The van der Waals surface area contributed by atoms with Crippen molar-refractivity contribution in [1.82, 2.24) is 9.97 Å². The van der Waals surface area contributed by atoms with Gasteiger partial charge >= 0.3 is 0 Å². The lowest BCUT2D eigenvalue weighted by atomic mass is 10.2. The lowest BCUT2D eigenvalue weighted by Gasteiger charge is -2.04. The molecule has 2 heterocycles. The lowest BCUT2D eigenvalue weighted by Crippen LogP contribution is -1.90. The van der Waals surface area contributed by atoms with Gasteiger partial charge < -0.3 is 4.98 Å². The summed E-state index contributed by atoms with van der Waals surface area (Å²) in [5, 5.41) is 1.20. The van der Waals surface area contributed by atoms with Gasteiger partial charge in [0.05, 0.1) is 16.1 Å². The topological polar surface area (TPSA) is 28.7 Å². The van der Waals surface area contributed by atoms with Crippen LogP contribution in [0.5, 0.6) is 0 Å². The number of aryl methyl sites for hydroxylation is 1. The van der Waals surface area contributed by atoms with E-state index in [0.717, 1.165) is 28.6 Å². The summed E-state index contributed by atoms with van der Waals surface area (Å²) in [5.41, 5.74) is 3.71. The van der Waals surface area contributed by atoms with E-state index in [1.807, 2.05) is 20.0 Å². The van der Waals surface area contributed by atoms with Gasteiger partial charge in [-0.1, -0.05) is 30.1 Å². The summed E-state index contributed by atoms with van der Waals surface area (Å²) in [6, 6.07) is 0. The number of aromatic amines is 1. The molecule has 0 amide bonds. The number of halogens is 2. The molecule has 0 aliphatic carbocycles. The molecule has 0 unspecified atom stereocenters. The Bertz CT molecular complexity index is 488. The van der Waals surface area contributed by atoms with E-state index in [-0.39, 0.29) is 0 Å². The van der Waals surface area contributed by atoms with Crippen molar-refractivity contribution in [3.8, 4) is 0 Å². The Morgan fingerprint density at radius 3 is 2.79 bits per heavy atom. The zero-order chi connectivity index (χ0) is 10.3. The predicted molar refractivity (Wildman–Crippen MR) is 60.2 cm³/mol. The molecule has 74 valence electrons. The van der Waals surface area contributed by atoms with Crippen molar-refractivity contribution in [2.45, 2.75) is 20.3 Å². The standard InChI is InChI=1S/C10H10Cl2N2/c1-3-6-7(11)9-8(14-10(6)12)5(2)4-13-9/h4,13H,3H2,1-2H3. The monoisotopic (exact) mass is 228 g/mol. The third kappa shape index (κ3) is 1.30. The largest absolute Gasteiger partial charge is 0.358 e. The summed E-state index contributed by atoms with van der Waals surface area (Å²) in [7, 11) is 0. The van der Waals surface area contributed by atoms with Gasteiger partial charge in [-0.15, -0.1) is 0 Å². The molecule has 0 radical (unpaired) electrons. The molecule has 14 heavy (non-hydrogen) atoms. The first kappa shape index (κ1) is 9.81. The highest BCUT2D eigenvalue weighted by molar-refractivity contribution is 6.38. The van der Waals surface area contributed by atoms with Gasteiger partial charge in [0.1, 0.15) is 5.15 Å². The number of nitrogens with zero attached hydrogens (tertiary/aromatic N) is 1. The molecule has 2 nitrogen and oxygen atoms in total. The van der Waals surface area contributed by atoms with Gasteiger partial charge in [0.2, 0.25) is 0 Å². The molecular formula is C10H10Cl2N2. The Balaban J connectivity index is 2.87. The average molecular weight is 229 g/mol. The van der Waals surface area contributed by atoms with Gasteiger partial charge in [-0.25, -0.2) is 4.98 Å². The first-order chi connectivity index (χ1) is 6.65. The third-order valence-electron chi connectivity index (χ3n) is 2.34. The lowest BCUT2D eigenvalue weighted by molar-refractivity contribution is 1.12. The van der Waals surface area contributed by atoms with Gasteiger partial charge in [0, 0.05) is 11.8 Å². The number of aromatic nitrogens is 2. The second kappa shape index (κ2) is 3.44. The van der Waals surface area contributed by atoms with Crippen LogP contribution in [0.1, 0.15) is 18.1 Å². The van der Waals surface area contributed by atoms with Crippen LogP contribution in [0.2, 0.25) is 10.2 Å². The van der Waals surface area contributed by atoms with Crippen LogP contribution in [0.3, 0.4) is 0 Å². The van der Waals surface area contributed by atoms with Crippen molar-refractivity contribution >= 4 is 34.2 Å². The van der Waals surface area contributed by atoms with E-state index in [1.165, 1.54) is 0 Å². The minimum atomic E-state index is 0.507. The summed E-state index contributed by atoms with van der Waals surface area (Å²) < 4.78 is 0. The number of hydrogen-bond donors (Lipinski definition) is 1. The Morgan fingerprint density at radius 2 is 2.14 bits per heavy atom. The maximum atomic E-state index is 6.20. The van der Waals surface area contributed by atoms with Crippen molar-refractivity contribution in [2.24, 2.45) is 0 Å². The van der Waals surface area contributed by atoms with Crippen molar-refractivity contribution in [2.75, 3.05) is 0 Å². The molecule has 1 N–H and O–H groups in total. The van der Waals surface area contributed by atoms with Crippen LogP contribution in [-0.4, -0.2) is 9.97 Å². The first-order valence-electron chi connectivity index (χ1n) is 4.46. The Kier molecular flexibility index (Phi) is 2.41. The van der Waals surface area contributed by atoms with E-state index < -0.39 is 0 Å². The van der Waals surface area contributed by atoms with E-state index in [9.17, 15) is 0 Å². The number of H-pyrrole nitrogens is 1. The Labute approximate surface area is 92.2 Å². The molecule has 0 atom stereocenters. The molecule has 0 aromatic carbocycles. The highest BCUT2D eigenvalue weighted by Crippen LogP contribution is 2.31. The Morgan fingerprint density at radius 1 is 1.43 bits per heavy atom. The fourth-order valence-corrected chi connectivity index (χ4v) is 2.26. The van der Waals surface area contributed by atoms with Gasteiger partial charge in [-0.3, -0.25) is 0 Å². The molecule has 0 fully saturated rings. The van der Waals surface area contributed by atoms with E-state index in [1.54, 1.807) is 0 Å². The fraction of sp³-hybridized carbons (Fsp3) is 0.300. The molecule has 4 heteroatoms. The highest BCUT2D eigenvalue weighted by Gasteiger charge is 2.12. The van der Waals surface area contributed by atoms with Gasteiger partial charge in [-0.05, 0) is 18.9 Å². The zero-order valence-electron chi connectivity index (χ0n) is 7.99. The van der Waals surface area contributed by atoms with Crippen LogP contribution in [0.25, 0.3) is 11.0 Å².